The fourth-order valence-corrected chi connectivity index (χ4v) is 5.43. The van der Waals surface area contributed by atoms with Crippen LogP contribution in [0, 0.1) is 0 Å². The third-order valence-corrected chi connectivity index (χ3v) is 7.08. The van der Waals surface area contributed by atoms with Crippen LogP contribution in [0.15, 0.2) is 20.5 Å². The van der Waals surface area contributed by atoms with E-state index < -0.39 is 66.8 Å². The molecule has 0 amide bonds. The zero-order chi connectivity index (χ0) is 25.7. The van der Waals surface area contributed by atoms with Crippen molar-refractivity contribution in [3.05, 3.63) is 41.8 Å². The van der Waals surface area contributed by atoms with Crippen molar-refractivity contribution in [1.82, 2.24) is 0 Å². The molecule has 18 nitrogen and oxygen atoms in total. The largest absolute Gasteiger partial charge is 0.390 e. The van der Waals surface area contributed by atoms with Gasteiger partial charge in [-0.1, -0.05) is 26.9 Å². The number of fused-ring (bicyclic) bond motifs is 1. The highest BCUT2D eigenvalue weighted by Crippen LogP contribution is 2.47. The lowest BCUT2D eigenvalue weighted by Gasteiger charge is -2.45. The van der Waals surface area contributed by atoms with E-state index in [0.29, 0.717) is 12.8 Å². The highest BCUT2D eigenvalue weighted by Gasteiger charge is 2.58. The number of hydrogen-bond acceptors (Lipinski definition) is 10. The molecule has 0 aromatic heterocycles. The van der Waals surface area contributed by atoms with Crippen molar-refractivity contribution in [3.63, 3.8) is 0 Å². The molecule has 4 fully saturated rings. The third kappa shape index (κ3) is 5.09. The highest BCUT2D eigenvalue weighted by atomic mass is 16.8. The van der Waals surface area contributed by atoms with Crippen LogP contribution in [-0.4, -0.2) is 83.6 Å². The van der Waals surface area contributed by atoms with Gasteiger partial charge in [-0.3, -0.25) is 0 Å². The first kappa shape index (κ1) is 26.1. The molecule has 4 rings (SSSR count). The van der Waals surface area contributed by atoms with Gasteiger partial charge in [-0.25, -0.2) is 0 Å². The second-order valence-corrected chi connectivity index (χ2v) is 9.15. The van der Waals surface area contributed by atoms with Crippen molar-refractivity contribution in [2.45, 2.75) is 105 Å². The monoisotopic (exact) mass is 506 g/mol. The van der Waals surface area contributed by atoms with Crippen LogP contribution in [0.1, 0.15) is 38.5 Å². The minimum Gasteiger partial charge on any atom is -0.390 e. The fraction of sp³-hybridized carbons (Fsp3) is 1.00. The van der Waals surface area contributed by atoms with Crippen LogP contribution >= 0.6 is 0 Å². The molecule has 1 spiro atoms. The Morgan fingerprint density at radius 1 is 0.833 bits per heavy atom. The van der Waals surface area contributed by atoms with E-state index in [1.54, 1.807) is 0 Å². The van der Waals surface area contributed by atoms with Crippen LogP contribution < -0.4 is 0 Å². The van der Waals surface area contributed by atoms with Crippen LogP contribution in [0.3, 0.4) is 0 Å². The number of aliphatic hydroxyl groups is 2. The topological polar surface area (TPSA) is 272 Å². The van der Waals surface area contributed by atoms with Crippen LogP contribution in [0.25, 0.3) is 41.8 Å². The Morgan fingerprint density at radius 3 is 2.17 bits per heavy atom. The lowest BCUT2D eigenvalue weighted by atomic mass is 9.84. The van der Waals surface area contributed by atoms with E-state index in [1.807, 2.05) is 0 Å². The van der Waals surface area contributed by atoms with Crippen LogP contribution in [0.2, 0.25) is 0 Å². The number of nitrogens with zero attached hydrogens (tertiary/aromatic N) is 12. The van der Waals surface area contributed by atoms with Gasteiger partial charge in [0.25, 0.3) is 0 Å². The van der Waals surface area contributed by atoms with Crippen LogP contribution in [0.5, 0.6) is 0 Å². The number of azide groups is 4. The van der Waals surface area contributed by atoms with Crippen molar-refractivity contribution in [1.29, 1.82) is 0 Å². The van der Waals surface area contributed by atoms with Gasteiger partial charge in [0.2, 0.25) is 0 Å². The molecule has 2 heterocycles. The molecule has 4 aliphatic rings. The summed E-state index contributed by atoms with van der Waals surface area (Å²) in [4.78, 5) is 11.2. The van der Waals surface area contributed by atoms with Gasteiger partial charge in [-0.2, -0.15) is 0 Å². The van der Waals surface area contributed by atoms with Gasteiger partial charge in [0.1, 0.15) is 18.2 Å². The summed E-state index contributed by atoms with van der Waals surface area (Å²) in [5.41, 5.74) is 36.0. The van der Waals surface area contributed by atoms with E-state index in [0.717, 1.165) is 19.3 Å². The Kier molecular flexibility index (Phi) is 8.24. The van der Waals surface area contributed by atoms with Crippen molar-refractivity contribution >= 4 is 0 Å². The Bertz CT molecular complexity index is 999. The Morgan fingerprint density at radius 2 is 1.50 bits per heavy atom. The molecular formula is C18H26N12O6. The molecule has 2 N–H and O–H groups in total. The molecule has 2 aliphatic heterocycles. The smallest absolute Gasteiger partial charge is 0.169 e. The number of hydrogen-bond donors (Lipinski definition) is 2. The Labute approximate surface area is 203 Å². The maximum absolute atomic E-state index is 10.6. The predicted molar refractivity (Wildman–Crippen MR) is 119 cm³/mol. The minimum absolute atomic E-state index is 0.0889. The molecule has 2 saturated heterocycles. The fourth-order valence-electron chi connectivity index (χ4n) is 5.43. The van der Waals surface area contributed by atoms with E-state index in [-0.39, 0.29) is 13.0 Å². The molecule has 2 saturated carbocycles. The Hall–Kier alpha value is -3.00. The van der Waals surface area contributed by atoms with Crippen molar-refractivity contribution < 1.29 is 29.2 Å². The average molecular weight is 506 g/mol. The average Bonchev–Trinajstić information content (AvgIpc) is 3.24. The lowest BCUT2D eigenvalue weighted by molar-refractivity contribution is -0.286. The van der Waals surface area contributed by atoms with Crippen LogP contribution in [0.4, 0.5) is 0 Å². The van der Waals surface area contributed by atoms with Crippen molar-refractivity contribution in [2.75, 3.05) is 6.54 Å². The first-order valence-corrected chi connectivity index (χ1v) is 11.6. The summed E-state index contributed by atoms with van der Waals surface area (Å²) < 4.78 is 24.6. The summed E-state index contributed by atoms with van der Waals surface area (Å²) in [7, 11) is 0. The van der Waals surface area contributed by atoms with Gasteiger partial charge in [0, 0.05) is 32.5 Å². The summed E-state index contributed by atoms with van der Waals surface area (Å²) in [6.45, 7) is -0.324. The lowest BCUT2D eigenvalue weighted by Crippen LogP contribution is -2.62. The van der Waals surface area contributed by atoms with Gasteiger partial charge >= 0.3 is 0 Å². The van der Waals surface area contributed by atoms with Gasteiger partial charge in [-0.15, -0.1) is 0 Å². The van der Waals surface area contributed by atoms with Gasteiger partial charge < -0.3 is 29.2 Å². The summed E-state index contributed by atoms with van der Waals surface area (Å²) in [6, 6.07) is -2.95. The van der Waals surface area contributed by atoms with Crippen molar-refractivity contribution in [2.24, 2.45) is 20.5 Å². The molecule has 4 unspecified atom stereocenters. The standard InChI is InChI=1S/C18H26N12O6/c19-27-23-7-10-12(31)13(32)11(26-30-22)17(33-10)34-14-8(24-28-20)6-9(25-29-21)15-16(14)36-18(35-15)4-2-1-3-5-18/h8-17,31-32H,1-7H2/t8?,9-,10?,11?,12+,13+,14+,15?,16-,17+/m0/s1. The predicted octanol–water partition coefficient (Wildman–Crippen LogP) is 3.01. The third-order valence-electron chi connectivity index (χ3n) is 7.08. The SMILES string of the molecule is [N-]=[N+]=NCC1O[C@H](O[C@@H]2C(N=[N+]=[N-])C[C@H](N=[N+]=[N-])C3OC4(CCCCC4)O[C@H]32)C(N=[N+]=[N-])[C@@H](O)[C@@H]1O. The summed E-state index contributed by atoms with van der Waals surface area (Å²) in [5, 5.41) is 35.6. The molecule has 2 aliphatic carbocycles. The van der Waals surface area contributed by atoms with E-state index in [1.165, 1.54) is 0 Å². The quantitative estimate of drug-likeness (QED) is 0.297. The maximum Gasteiger partial charge on any atom is 0.169 e. The molecule has 0 radical (unpaired) electrons. The van der Waals surface area contributed by atoms with Gasteiger partial charge in [0.05, 0.1) is 43.0 Å². The zero-order valence-corrected chi connectivity index (χ0v) is 19.1. The second kappa shape index (κ2) is 11.4. The maximum atomic E-state index is 10.6. The molecule has 0 aromatic carbocycles. The summed E-state index contributed by atoms with van der Waals surface area (Å²) in [6.07, 6.45) is -4.10. The zero-order valence-electron chi connectivity index (χ0n) is 19.1. The minimum atomic E-state index is -1.60. The molecule has 0 aromatic rings. The molecular weight excluding hydrogens is 480 g/mol. The number of ether oxygens (including phenoxy) is 4. The van der Waals surface area contributed by atoms with Gasteiger partial charge in [-0.05, 0) is 41.4 Å². The highest BCUT2D eigenvalue weighted by molar-refractivity contribution is 5.07. The molecule has 194 valence electrons. The van der Waals surface area contributed by atoms with E-state index in [2.05, 4.69) is 40.1 Å². The molecule has 10 atom stereocenters. The van der Waals surface area contributed by atoms with Crippen LogP contribution in [-0.2, 0) is 18.9 Å². The summed E-state index contributed by atoms with van der Waals surface area (Å²) >= 11 is 0. The van der Waals surface area contributed by atoms with E-state index in [4.69, 9.17) is 35.5 Å². The van der Waals surface area contributed by atoms with E-state index in [9.17, 15) is 15.7 Å². The Balaban J connectivity index is 1.66. The first-order valence-electron chi connectivity index (χ1n) is 11.6. The number of rotatable bonds is 7. The van der Waals surface area contributed by atoms with Gasteiger partial charge in [0.15, 0.2) is 12.1 Å². The summed E-state index contributed by atoms with van der Waals surface area (Å²) in [5.74, 6) is -0.902. The van der Waals surface area contributed by atoms with Crippen molar-refractivity contribution in [3.8, 4) is 0 Å². The first-order chi connectivity index (χ1) is 17.5. The number of aliphatic hydroxyl groups excluding tert-OH is 2. The molecule has 36 heavy (non-hydrogen) atoms. The normalized spacial score (nSPS) is 41.1. The molecule has 18 heteroatoms. The molecule has 0 bridgehead atoms. The van der Waals surface area contributed by atoms with E-state index >= 15 is 0 Å². The second-order valence-electron chi connectivity index (χ2n) is 9.15.